The van der Waals surface area contributed by atoms with E-state index in [-0.39, 0.29) is 17.7 Å². The second-order valence-electron chi connectivity index (χ2n) is 7.11. The second kappa shape index (κ2) is 8.25. The Hall–Kier alpha value is -3.15. The molecular weight excluding hydrogens is 356 g/mol. The first-order valence-corrected chi connectivity index (χ1v) is 9.34. The van der Waals surface area contributed by atoms with Crippen molar-refractivity contribution in [3.63, 3.8) is 0 Å². The van der Waals surface area contributed by atoms with Gasteiger partial charge in [-0.25, -0.2) is 4.79 Å². The van der Waals surface area contributed by atoms with Gasteiger partial charge in [-0.05, 0) is 54.8 Å². The standard InChI is InChI=1S/C22H24N2O4/c1-14(2)21(26)24-12-4-5-15-10-11-18(13-19(15)24)23-20(25)16-6-8-17(9-7-16)22(27)28-3/h6-11,13-14H,4-5,12H2,1-3H3,(H,23,25). The summed E-state index contributed by atoms with van der Waals surface area (Å²) in [4.78, 5) is 38.4. The third kappa shape index (κ3) is 4.06. The zero-order valence-corrected chi connectivity index (χ0v) is 16.3. The summed E-state index contributed by atoms with van der Waals surface area (Å²) in [7, 11) is 1.31. The Morgan fingerprint density at radius 3 is 2.36 bits per heavy atom. The average Bonchev–Trinajstić information content (AvgIpc) is 2.72. The summed E-state index contributed by atoms with van der Waals surface area (Å²) in [6.07, 6.45) is 1.85. The topological polar surface area (TPSA) is 75.7 Å². The van der Waals surface area contributed by atoms with Crippen molar-refractivity contribution in [1.82, 2.24) is 0 Å². The molecule has 146 valence electrons. The van der Waals surface area contributed by atoms with Gasteiger partial charge in [-0.2, -0.15) is 0 Å². The molecule has 0 fully saturated rings. The van der Waals surface area contributed by atoms with E-state index in [0.717, 1.165) is 24.1 Å². The molecule has 0 saturated heterocycles. The highest BCUT2D eigenvalue weighted by Crippen LogP contribution is 2.31. The summed E-state index contributed by atoms with van der Waals surface area (Å²) in [6, 6.07) is 11.9. The SMILES string of the molecule is COC(=O)c1ccc(C(=O)Nc2ccc3c(c2)N(C(=O)C(C)C)CCC3)cc1. The van der Waals surface area contributed by atoms with Crippen LogP contribution in [-0.4, -0.2) is 31.4 Å². The van der Waals surface area contributed by atoms with E-state index in [0.29, 0.717) is 23.4 Å². The molecule has 1 heterocycles. The summed E-state index contributed by atoms with van der Waals surface area (Å²) in [6.45, 7) is 4.47. The van der Waals surface area contributed by atoms with Gasteiger partial charge in [0.2, 0.25) is 5.91 Å². The van der Waals surface area contributed by atoms with Crippen LogP contribution < -0.4 is 10.2 Å². The van der Waals surface area contributed by atoms with Gasteiger partial charge in [-0.15, -0.1) is 0 Å². The number of rotatable bonds is 4. The van der Waals surface area contributed by atoms with Crippen LogP contribution in [0, 0.1) is 5.92 Å². The van der Waals surface area contributed by atoms with Crippen molar-refractivity contribution in [2.45, 2.75) is 26.7 Å². The van der Waals surface area contributed by atoms with Crippen molar-refractivity contribution >= 4 is 29.2 Å². The maximum atomic E-state index is 12.5. The normalized spacial score (nSPS) is 13.1. The van der Waals surface area contributed by atoms with Crippen LogP contribution in [0.4, 0.5) is 11.4 Å². The Labute approximate surface area is 164 Å². The summed E-state index contributed by atoms with van der Waals surface area (Å²) in [5.74, 6) is -0.731. The number of benzene rings is 2. The van der Waals surface area contributed by atoms with Crippen molar-refractivity contribution < 1.29 is 19.1 Å². The van der Waals surface area contributed by atoms with Gasteiger partial charge in [0.05, 0.1) is 12.7 Å². The largest absolute Gasteiger partial charge is 0.465 e. The molecule has 1 aliphatic rings. The smallest absolute Gasteiger partial charge is 0.337 e. The lowest BCUT2D eigenvalue weighted by atomic mass is 9.99. The first-order valence-electron chi connectivity index (χ1n) is 9.34. The fourth-order valence-corrected chi connectivity index (χ4v) is 3.27. The van der Waals surface area contributed by atoms with Crippen LogP contribution >= 0.6 is 0 Å². The number of aryl methyl sites for hydroxylation is 1. The molecule has 3 rings (SSSR count). The molecule has 0 saturated carbocycles. The number of anilines is 2. The molecule has 6 heteroatoms. The summed E-state index contributed by atoms with van der Waals surface area (Å²) < 4.78 is 4.66. The van der Waals surface area contributed by atoms with Gasteiger partial charge in [0.25, 0.3) is 5.91 Å². The molecule has 1 aliphatic heterocycles. The Balaban J connectivity index is 1.79. The number of nitrogens with one attached hydrogen (secondary N) is 1. The quantitative estimate of drug-likeness (QED) is 0.822. The number of hydrogen-bond acceptors (Lipinski definition) is 4. The van der Waals surface area contributed by atoms with Gasteiger partial charge in [-0.1, -0.05) is 19.9 Å². The molecule has 0 aliphatic carbocycles. The van der Waals surface area contributed by atoms with Crippen molar-refractivity contribution in [2.24, 2.45) is 5.92 Å². The van der Waals surface area contributed by atoms with E-state index in [4.69, 9.17) is 0 Å². The highest BCUT2D eigenvalue weighted by Gasteiger charge is 2.24. The highest BCUT2D eigenvalue weighted by atomic mass is 16.5. The van der Waals surface area contributed by atoms with Crippen LogP contribution in [0.5, 0.6) is 0 Å². The number of carbonyl (C=O) groups excluding carboxylic acids is 3. The van der Waals surface area contributed by atoms with E-state index < -0.39 is 5.97 Å². The minimum Gasteiger partial charge on any atom is -0.465 e. The van der Waals surface area contributed by atoms with Crippen LogP contribution in [-0.2, 0) is 16.0 Å². The van der Waals surface area contributed by atoms with Crippen molar-refractivity contribution in [1.29, 1.82) is 0 Å². The summed E-state index contributed by atoms with van der Waals surface area (Å²) in [5.41, 5.74) is 3.42. The first kappa shape index (κ1) is 19.6. The molecular formula is C22H24N2O4. The van der Waals surface area contributed by atoms with E-state index in [1.54, 1.807) is 24.3 Å². The van der Waals surface area contributed by atoms with Gasteiger partial charge < -0.3 is 15.0 Å². The van der Waals surface area contributed by atoms with E-state index in [1.807, 2.05) is 36.9 Å². The van der Waals surface area contributed by atoms with Gasteiger partial charge in [0, 0.05) is 29.4 Å². The molecule has 0 aromatic heterocycles. The maximum absolute atomic E-state index is 12.5. The second-order valence-corrected chi connectivity index (χ2v) is 7.11. The molecule has 28 heavy (non-hydrogen) atoms. The number of hydrogen-bond donors (Lipinski definition) is 1. The summed E-state index contributed by atoms with van der Waals surface area (Å²) in [5, 5.41) is 2.87. The fraction of sp³-hybridized carbons (Fsp3) is 0.318. The lowest BCUT2D eigenvalue weighted by molar-refractivity contribution is -0.121. The van der Waals surface area contributed by atoms with Crippen LogP contribution in [0.3, 0.4) is 0 Å². The summed E-state index contributed by atoms with van der Waals surface area (Å²) >= 11 is 0. The monoisotopic (exact) mass is 380 g/mol. The van der Waals surface area contributed by atoms with Crippen LogP contribution in [0.25, 0.3) is 0 Å². The van der Waals surface area contributed by atoms with E-state index in [1.165, 1.54) is 7.11 Å². The van der Waals surface area contributed by atoms with Crippen LogP contribution in [0.2, 0.25) is 0 Å². The number of fused-ring (bicyclic) bond motifs is 1. The van der Waals surface area contributed by atoms with Crippen molar-refractivity contribution in [2.75, 3.05) is 23.9 Å². The average molecular weight is 380 g/mol. The third-order valence-corrected chi connectivity index (χ3v) is 4.79. The Morgan fingerprint density at radius 2 is 1.71 bits per heavy atom. The number of methoxy groups -OCH3 is 1. The van der Waals surface area contributed by atoms with E-state index >= 15 is 0 Å². The molecule has 2 amide bonds. The highest BCUT2D eigenvalue weighted by molar-refractivity contribution is 6.05. The minimum absolute atomic E-state index is 0.0856. The third-order valence-electron chi connectivity index (χ3n) is 4.79. The Bertz CT molecular complexity index is 903. The van der Waals surface area contributed by atoms with Crippen LogP contribution in [0.15, 0.2) is 42.5 Å². The van der Waals surface area contributed by atoms with Gasteiger partial charge in [-0.3, -0.25) is 9.59 Å². The zero-order chi connectivity index (χ0) is 20.3. The Kier molecular flexibility index (Phi) is 5.78. The molecule has 6 nitrogen and oxygen atoms in total. The number of amides is 2. The molecule has 0 radical (unpaired) electrons. The predicted molar refractivity (Wildman–Crippen MR) is 108 cm³/mol. The van der Waals surface area contributed by atoms with Gasteiger partial charge in [0.1, 0.15) is 0 Å². The van der Waals surface area contributed by atoms with Gasteiger partial charge in [0.15, 0.2) is 0 Å². The number of nitrogens with zero attached hydrogens (tertiary/aromatic N) is 1. The minimum atomic E-state index is -0.448. The van der Waals surface area contributed by atoms with E-state index in [9.17, 15) is 14.4 Å². The fourth-order valence-electron chi connectivity index (χ4n) is 3.27. The molecule has 2 aromatic rings. The van der Waals surface area contributed by atoms with Gasteiger partial charge >= 0.3 is 5.97 Å². The number of ether oxygens (including phenoxy) is 1. The number of carbonyl (C=O) groups is 3. The van der Waals surface area contributed by atoms with Crippen LogP contribution in [0.1, 0.15) is 46.5 Å². The Morgan fingerprint density at radius 1 is 1.04 bits per heavy atom. The zero-order valence-electron chi connectivity index (χ0n) is 16.3. The molecule has 0 bridgehead atoms. The number of esters is 1. The van der Waals surface area contributed by atoms with Crippen molar-refractivity contribution in [3.8, 4) is 0 Å². The first-order chi connectivity index (χ1) is 13.4. The molecule has 1 N–H and O–H groups in total. The lowest BCUT2D eigenvalue weighted by Crippen LogP contribution is -2.38. The van der Waals surface area contributed by atoms with E-state index in [2.05, 4.69) is 10.1 Å². The predicted octanol–water partition coefficient (Wildman–Crippen LogP) is 3.66. The molecule has 0 spiro atoms. The maximum Gasteiger partial charge on any atom is 0.337 e. The molecule has 0 atom stereocenters. The lowest BCUT2D eigenvalue weighted by Gasteiger charge is -2.31. The molecule has 0 unspecified atom stereocenters. The van der Waals surface area contributed by atoms with Crippen molar-refractivity contribution in [3.05, 3.63) is 59.2 Å². The molecule has 2 aromatic carbocycles.